The number of carbonyl (C=O) groups is 3. The Balaban J connectivity index is 2.83. The number of amides is 1. The maximum absolute atomic E-state index is 11.9. The van der Waals surface area contributed by atoms with Crippen molar-refractivity contribution in [1.29, 1.82) is 0 Å². The highest BCUT2D eigenvalue weighted by atomic mass is 16.6. The van der Waals surface area contributed by atoms with E-state index in [0.717, 1.165) is 0 Å². The van der Waals surface area contributed by atoms with Gasteiger partial charge in [-0.2, -0.15) is 0 Å². The molecule has 0 aromatic carbocycles. The van der Waals surface area contributed by atoms with E-state index >= 15 is 0 Å². The summed E-state index contributed by atoms with van der Waals surface area (Å²) in [7, 11) is 1.24. The number of hydrogen-bond acceptors (Lipinski definition) is 5. The number of likely N-dealkylation sites (tertiary alicyclic amines) is 1. The molecule has 108 valence electrons. The molecule has 0 radical (unpaired) electrons. The fourth-order valence-electron chi connectivity index (χ4n) is 2.09. The van der Waals surface area contributed by atoms with E-state index < -0.39 is 23.1 Å². The standard InChI is InChI=1S/C13H21NO5/c1-9(15)13(10(16)18-5)6-7-14(8-13)11(17)19-12(2,3)4/h6-8H2,1-5H3. The maximum Gasteiger partial charge on any atom is 0.410 e. The summed E-state index contributed by atoms with van der Waals surface area (Å²) in [5.74, 6) is -0.878. The Labute approximate surface area is 113 Å². The van der Waals surface area contributed by atoms with Crippen LogP contribution in [0.4, 0.5) is 4.79 Å². The fourth-order valence-corrected chi connectivity index (χ4v) is 2.09. The zero-order valence-corrected chi connectivity index (χ0v) is 12.1. The molecule has 19 heavy (non-hydrogen) atoms. The Bertz CT molecular complexity index is 398. The smallest absolute Gasteiger partial charge is 0.410 e. The molecular formula is C13H21NO5. The average molecular weight is 271 g/mol. The van der Waals surface area contributed by atoms with E-state index in [1.165, 1.54) is 18.9 Å². The van der Waals surface area contributed by atoms with Gasteiger partial charge in [0.2, 0.25) is 0 Å². The van der Waals surface area contributed by atoms with Crippen molar-refractivity contribution in [2.45, 2.75) is 39.7 Å². The fraction of sp³-hybridized carbons (Fsp3) is 0.769. The lowest BCUT2D eigenvalue weighted by atomic mass is 9.83. The number of Topliss-reactive ketones (excluding diaryl/α,β-unsaturated/α-hetero) is 1. The third-order valence-corrected chi connectivity index (χ3v) is 3.17. The summed E-state index contributed by atoms with van der Waals surface area (Å²) in [5, 5.41) is 0. The first-order valence-corrected chi connectivity index (χ1v) is 6.20. The quantitative estimate of drug-likeness (QED) is 0.560. The molecule has 0 saturated carbocycles. The number of carbonyl (C=O) groups excluding carboxylic acids is 3. The Morgan fingerprint density at radius 2 is 1.79 bits per heavy atom. The number of esters is 1. The van der Waals surface area contributed by atoms with Crippen molar-refractivity contribution in [3.8, 4) is 0 Å². The van der Waals surface area contributed by atoms with E-state index in [2.05, 4.69) is 4.74 Å². The Morgan fingerprint density at radius 1 is 1.21 bits per heavy atom. The summed E-state index contributed by atoms with van der Waals surface area (Å²) in [6.07, 6.45) is -0.242. The van der Waals surface area contributed by atoms with Gasteiger partial charge in [-0.15, -0.1) is 0 Å². The number of ether oxygens (including phenoxy) is 2. The number of nitrogens with zero attached hydrogens (tertiary/aromatic N) is 1. The SMILES string of the molecule is COC(=O)C1(C(C)=O)CCN(C(=O)OC(C)(C)C)C1. The summed E-state index contributed by atoms with van der Waals surface area (Å²) in [5.41, 5.74) is -1.85. The predicted octanol–water partition coefficient (Wildman–Crippen LogP) is 1.38. The van der Waals surface area contributed by atoms with Crippen LogP contribution >= 0.6 is 0 Å². The normalized spacial score (nSPS) is 23.1. The van der Waals surface area contributed by atoms with Gasteiger partial charge in [-0.05, 0) is 34.1 Å². The highest BCUT2D eigenvalue weighted by molar-refractivity contribution is 6.03. The van der Waals surface area contributed by atoms with Crippen molar-refractivity contribution in [3.63, 3.8) is 0 Å². The zero-order chi connectivity index (χ0) is 14.8. The van der Waals surface area contributed by atoms with E-state index in [1.54, 1.807) is 20.8 Å². The monoisotopic (exact) mass is 271 g/mol. The van der Waals surface area contributed by atoms with Crippen LogP contribution in [0.25, 0.3) is 0 Å². The van der Waals surface area contributed by atoms with Crippen molar-refractivity contribution in [1.82, 2.24) is 4.90 Å². The molecule has 1 rings (SSSR count). The molecule has 1 unspecified atom stereocenters. The van der Waals surface area contributed by atoms with Crippen LogP contribution in [0.1, 0.15) is 34.1 Å². The Kier molecular flexibility index (Phi) is 4.22. The minimum Gasteiger partial charge on any atom is -0.468 e. The third-order valence-electron chi connectivity index (χ3n) is 3.17. The van der Waals surface area contributed by atoms with E-state index in [0.29, 0.717) is 6.54 Å². The van der Waals surface area contributed by atoms with E-state index in [9.17, 15) is 14.4 Å². The van der Waals surface area contributed by atoms with Crippen LogP contribution in [-0.2, 0) is 19.1 Å². The molecule has 1 aliphatic rings. The molecule has 0 spiro atoms. The van der Waals surface area contributed by atoms with Gasteiger partial charge >= 0.3 is 12.1 Å². The van der Waals surface area contributed by atoms with Crippen molar-refractivity contribution in [2.24, 2.45) is 5.41 Å². The molecule has 0 aromatic heterocycles. The molecule has 1 amide bonds. The van der Waals surface area contributed by atoms with Crippen LogP contribution in [0.5, 0.6) is 0 Å². The maximum atomic E-state index is 11.9. The second kappa shape index (κ2) is 5.19. The van der Waals surface area contributed by atoms with Crippen LogP contribution < -0.4 is 0 Å². The molecule has 0 bridgehead atoms. The largest absolute Gasteiger partial charge is 0.468 e. The Morgan fingerprint density at radius 3 is 2.21 bits per heavy atom. The second-order valence-corrected chi connectivity index (χ2v) is 5.78. The van der Waals surface area contributed by atoms with Gasteiger partial charge in [0, 0.05) is 13.1 Å². The average Bonchev–Trinajstić information content (AvgIpc) is 2.71. The number of ketones is 1. The molecule has 1 saturated heterocycles. The minimum atomic E-state index is -1.24. The van der Waals surface area contributed by atoms with Gasteiger partial charge in [0.25, 0.3) is 0 Å². The summed E-state index contributed by atoms with van der Waals surface area (Å²) >= 11 is 0. The van der Waals surface area contributed by atoms with Gasteiger partial charge in [-0.25, -0.2) is 4.79 Å². The van der Waals surface area contributed by atoms with Crippen LogP contribution in [0.3, 0.4) is 0 Å². The summed E-state index contributed by atoms with van der Waals surface area (Å²) in [4.78, 5) is 36.9. The molecule has 1 fully saturated rings. The number of hydrogen-bond donors (Lipinski definition) is 0. The lowest BCUT2D eigenvalue weighted by Crippen LogP contribution is -2.43. The summed E-state index contributed by atoms with van der Waals surface area (Å²) < 4.78 is 9.92. The minimum absolute atomic E-state index is 0.0178. The molecule has 1 heterocycles. The summed E-state index contributed by atoms with van der Waals surface area (Å²) in [6, 6.07) is 0. The molecular weight excluding hydrogens is 250 g/mol. The lowest BCUT2D eigenvalue weighted by Gasteiger charge is -2.26. The van der Waals surface area contributed by atoms with Crippen LogP contribution in [0.2, 0.25) is 0 Å². The molecule has 1 aliphatic heterocycles. The van der Waals surface area contributed by atoms with Crippen molar-refractivity contribution in [2.75, 3.05) is 20.2 Å². The van der Waals surface area contributed by atoms with Crippen molar-refractivity contribution < 1.29 is 23.9 Å². The topological polar surface area (TPSA) is 72.9 Å². The molecule has 0 aromatic rings. The van der Waals surface area contributed by atoms with E-state index in [1.807, 2.05) is 0 Å². The Hall–Kier alpha value is -1.59. The molecule has 6 heteroatoms. The highest BCUT2D eigenvalue weighted by Crippen LogP contribution is 2.33. The first kappa shape index (κ1) is 15.5. The molecule has 0 aliphatic carbocycles. The van der Waals surface area contributed by atoms with Gasteiger partial charge in [-0.1, -0.05) is 0 Å². The van der Waals surface area contributed by atoms with Gasteiger partial charge < -0.3 is 14.4 Å². The third kappa shape index (κ3) is 3.24. The number of rotatable bonds is 2. The lowest BCUT2D eigenvalue weighted by molar-refractivity contribution is -0.156. The van der Waals surface area contributed by atoms with Gasteiger partial charge in [0.15, 0.2) is 0 Å². The second-order valence-electron chi connectivity index (χ2n) is 5.78. The first-order chi connectivity index (χ1) is 8.62. The zero-order valence-electron chi connectivity index (χ0n) is 12.1. The summed E-state index contributed by atoms with van der Waals surface area (Å²) in [6.45, 7) is 6.96. The molecule has 1 atom stereocenters. The molecule has 0 N–H and O–H groups in total. The van der Waals surface area contributed by atoms with E-state index in [-0.39, 0.29) is 18.7 Å². The van der Waals surface area contributed by atoms with Crippen LogP contribution in [-0.4, -0.2) is 48.5 Å². The van der Waals surface area contributed by atoms with Crippen LogP contribution in [0, 0.1) is 5.41 Å². The van der Waals surface area contributed by atoms with Gasteiger partial charge in [-0.3, -0.25) is 9.59 Å². The molecule has 6 nitrogen and oxygen atoms in total. The van der Waals surface area contributed by atoms with Crippen molar-refractivity contribution in [3.05, 3.63) is 0 Å². The first-order valence-electron chi connectivity index (χ1n) is 6.20. The van der Waals surface area contributed by atoms with Gasteiger partial charge in [0.1, 0.15) is 16.8 Å². The van der Waals surface area contributed by atoms with Crippen LogP contribution in [0.15, 0.2) is 0 Å². The van der Waals surface area contributed by atoms with E-state index in [4.69, 9.17) is 4.74 Å². The van der Waals surface area contributed by atoms with Crippen molar-refractivity contribution >= 4 is 17.8 Å². The number of methoxy groups -OCH3 is 1. The highest BCUT2D eigenvalue weighted by Gasteiger charge is 2.51. The predicted molar refractivity (Wildman–Crippen MR) is 67.6 cm³/mol. The van der Waals surface area contributed by atoms with Gasteiger partial charge in [0.05, 0.1) is 7.11 Å².